The van der Waals surface area contributed by atoms with Crippen LogP contribution in [0.2, 0.25) is 5.02 Å². The van der Waals surface area contributed by atoms with Crippen molar-refractivity contribution in [2.24, 2.45) is 0 Å². The van der Waals surface area contributed by atoms with E-state index >= 15 is 0 Å². The van der Waals surface area contributed by atoms with Gasteiger partial charge in [-0.15, -0.1) is 0 Å². The van der Waals surface area contributed by atoms with E-state index < -0.39 is 11.8 Å². The molecule has 0 aliphatic heterocycles. The molecule has 0 saturated heterocycles. The van der Waals surface area contributed by atoms with Crippen molar-refractivity contribution in [3.63, 3.8) is 0 Å². The van der Waals surface area contributed by atoms with Crippen LogP contribution in [0, 0.1) is 12.7 Å². The number of aromatic carboxylic acids is 1. The van der Waals surface area contributed by atoms with Gasteiger partial charge in [-0.25, -0.2) is 14.2 Å². The van der Waals surface area contributed by atoms with Crippen molar-refractivity contribution in [3.8, 4) is 11.1 Å². The molecule has 2 aromatic rings. The van der Waals surface area contributed by atoms with E-state index in [-0.39, 0.29) is 10.7 Å². The number of nitrogens with zero attached hydrogens (tertiary/aromatic N) is 1. The fourth-order valence-electron chi connectivity index (χ4n) is 1.66. The summed E-state index contributed by atoms with van der Waals surface area (Å²) in [6, 6.07) is 5.89. The second kappa shape index (κ2) is 4.74. The predicted molar refractivity (Wildman–Crippen MR) is 66.3 cm³/mol. The van der Waals surface area contributed by atoms with Crippen molar-refractivity contribution in [1.82, 2.24) is 4.98 Å². The van der Waals surface area contributed by atoms with Crippen molar-refractivity contribution < 1.29 is 14.3 Å². The summed E-state index contributed by atoms with van der Waals surface area (Å²) in [5.41, 5.74) is 1.12. The highest BCUT2D eigenvalue weighted by molar-refractivity contribution is 6.33. The van der Waals surface area contributed by atoms with Gasteiger partial charge in [0.15, 0.2) is 5.69 Å². The zero-order valence-corrected chi connectivity index (χ0v) is 10.2. The SMILES string of the molecule is Cc1cc(-c2cccnc2C(=O)O)c(Cl)cc1F. The number of rotatable bonds is 2. The molecule has 0 unspecified atom stereocenters. The average molecular weight is 266 g/mol. The molecular weight excluding hydrogens is 257 g/mol. The van der Waals surface area contributed by atoms with Gasteiger partial charge in [-0.1, -0.05) is 17.7 Å². The molecule has 1 aromatic carbocycles. The molecule has 0 atom stereocenters. The number of aromatic nitrogens is 1. The van der Waals surface area contributed by atoms with Crippen LogP contribution in [0.25, 0.3) is 11.1 Å². The largest absolute Gasteiger partial charge is 0.476 e. The molecule has 0 spiro atoms. The van der Waals surface area contributed by atoms with Crippen LogP contribution in [0.4, 0.5) is 4.39 Å². The quantitative estimate of drug-likeness (QED) is 0.903. The van der Waals surface area contributed by atoms with E-state index in [9.17, 15) is 9.18 Å². The number of aryl methyl sites for hydroxylation is 1. The summed E-state index contributed by atoms with van der Waals surface area (Å²) in [5, 5.41) is 9.22. The fourth-order valence-corrected chi connectivity index (χ4v) is 1.91. The molecule has 5 heteroatoms. The fraction of sp³-hybridized carbons (Fsp3) is 0.0769. The minimum absolute atomic E-state index is 0.106. The van der Waals surface area contributed by atoms with Gasteiger partial charge in [0.2, 0.25) is 0 Å². The minimum atomic E-state index is -1.15. The molecule has 3 nitrogen and oxygen atoms in total. The predicted octanol–water partition coefficient (Wildman–Crippen LogP) is 3.55. The molecule has 1 N–H and O–H groups in total. The first-order valence-electron chi connectivity index (χ1n) is 5.15. The van der Waals surface area contributed by atoms with Gasteiger partial charge >= 0.3 is 5.97 Å². The van der Waals surface area contributed by atoms with E-state index in [0.29, 0.717) is 16.7 Å². The summed E-state index contributed by atoms with van der Waals surface area (Å²) >= 11 is 5.95. The minimum Gasteiger partial charge on any atom is -0.476 e. The molecule has 0 saturated carbocycles. The van der Waals surface area contributed by atoms with E-state index in [1.54, 1.807) is 19.1 Å². The Bertz CT molecular complexity index is 628. The summed E-state index contributed by atoms with van der Waals surface area (Å²) in [4.78, 5) is 14.9. The molecule has 1 aromatic heterocycles. The molecule has 2 rings (SSSR count). The second-order valence-electron chi connectivity index (χ2n) is 3.79. The van der Waals surface area contributed by atoms with Crippen molar-refractivity contribution in [1.29, 1.82) is 0 Å². The molecule has 18 heavy (non-hydrogen) atoms. The third-order valence-corrected chi connectivity index (χ3v) is 2.86. The first-order chi connectivity index (χ1) is 8.50. The summed E-state index contributed by atoms with van der Waals surface area (Å²) in [5.74, 6) is -1.58. The molecular formula is C13H9ClFNO2. The van der Waals surface area contributed by atoms with Crippen LogP contribution >= 0.6 is 11.6 Å². The highest BCUT2D eigenvalue weighted by Crippen LogP contribution is 2.31. The third kappa shape index (κ3) is 2.19. The molecule has 0 aliphatic carbocycles. The molecule has 0 bridgehead atoms. The topological polar surface area (TPSA) is 50.2 Å². The van der Waals surface area contributed by atoms with Gasteiger partial charge in [0.05, 0.1) is 5.02 Å². The van der Waals surface area contributed by atoms with Crippen LogP contribution in [0.3, 0.4) is 0 Å². The zero-order chi connectivity index (χ0) is 13.3. The molecule has 0 amide bonds. The number of carboxylic acids is 1. The first kappa shape index (κ1) is 12.5. The number of carbonyl (C=O) groups is 1. The molecule has 0 radical (unpaired) electrons. The Labute approximate surface area is 108 Å². The highest BCUT2D eigenvalue weighted by Gasteiger charge is 2.16. The van der Waals surface area contributed by atoms with E-state index in [4.69, 9.17) is 16.7 Å². The van der Waals surface area contributed by atoms with E-state index in [1.807, 2.05) is 0 Å². The Morgan fingerprint density at radius 2 is 2.11 bits per heavy atom. The molecule has 1 heterocycles. The number of hydrogen-bond donors (Lipinski definition) is 1. The Hall–Kier alpha value is -1.94. The summed E-state index contributed by atoms with van der Waals surface area (Å²) in [6.45, 7) is 1.59. The lowest BCUT2D eigenvalue weighted by molar-refractivity contribution is 0.0691. The maximum atomic E-state index is 13.3. The molecule has 0 fully saturated rings. The maximum absolute atomic E-state index is 13.3. The standard InChI is InChI=1S/C13H9ClFNO2/c1-7-5-9(10(14)6-11(7)15)8-3-2-4-16-12(8)13(17)18/h2-6H,1H3,(H,17,18). The van der Waals surface area contributed by atoms with Gasteiger partial charge < -0.3 is 5.11 Å². The van der Waals surface area contributed by atoms with Crippen LogP contribution in [0.5, 0.6) is 0 Å². The average Bonchev–Trinajstić information content (AvgIpc) is 2.34. The first-order valence-corrected chi connectivity index (χ1v) is 5.53. The summed E-state index contributed by atoms with van der Waals surface area (Å²) in [6.07, 6.45) is 1.39. The third-order valence-electron chi connectivity index (χ3n) is 2.55. The van der Waals surface area contributed by atoms with E-state index in [0.717, 1.165) is 0 Å². The number of pyridine rings is 1. The lowest BCUT2D eigenvalue weighted by Gasteiger charge is -2.09. The lowest BCUT2D eigenvalue weighted by Crippen LogP contribution is -2.03. The number of carboxylic acid groups (broad SMARTS) is 1. The summed E-state index contributed by atoms with van der Waals surface area (Å²) < 4.78 is 13.3. The van der Waals surface area contributed by atoms with E-state index in [2.05, 4.69) is 4.98 Å². The highest BCUT2D eigenvalue weighted by atomic mass is 35.5. The Morgan fingerprint density at radius 3 is 2.78 bits per heavy atom. The van der Waals surface area contributed by atoms with Crippen LogP contribution in [-0.2, 0) is 0 Å². The second-order valence-corrected chi connectivity index (χ2v) is 4.19. The molecule has 92 valence electrons. The number of benzene rings is 1. The Morgan fingerprint density at radius 1 is 1.39 bits per heavy atom. The molecule has 0 aliphatic rings. The summed E-state index contributed by atoms with van der Waals surface area (Å²) in [7, 11) is 0. The smallest absolute Gasteiger partial charge is 0.355 e. The monoisotopic (exact) mass is 265 g/mol. The number of hydrogen-bond acceptors (Lipinski definition) is 2. The van der Waals surface area contributed by atoms with Crippen LogP contribution in [-0.4, -0.2) is 16.1 Å². The van der Waals surface area contributed by atoms with E-state index in [1.165, 1.54) is 18.3 Å². The zero-order valence-electron chi connectivity index (χ0n) is 9.45. The van der Waals surface area contributed by atoms with Crippen LogP contribution < -0.4 is 0 Å². The number of halogens is 2. The van der Waals surface area contributed by atoms with Gasteiger partial charge in [0.1, 0.15) is 5.82 Å². The van der Waals surface area contributed by atoms with Gasteiger partial charge in [-0.05, 0) is 30.7 Å². The van der Waals surface area contributed by atoms with Gasteiger partial charge in [-0.2, -0.15) is 0 Å². The van der Waals surface area contributed by atoms with Gasteiger partial charge in [0, 0.05) is 17.3 Å². The van der Waals surface area contributed by atoms with Crippen molar-refractivity contribution in [3.05, 3.63) is 52.6 Å². The van der Waals surface area contributed by atoms with Gasteiger partial charge in [-0.3, -0.25) is 0 Å². The maximum Gasteiger partial charge on any atom is 0.355 e. The lowest BCUT2D eigenvalue weighted by atomic mass is 10.0. The normalized spacial score (nSPS) is 10.4. The van der Waals surface area contributed by atoms with Crippen molar-refractivity contribution in [2.75, 3.05) is 0 Å². The van der Waals surface area contributed by atoms with Gasteiger partial charge in [0.25, 0.3) is 0 Å². The van der Waals surface area contributed by atoms with Crippen molar-refractivity contribution >= 4 is 17.6 Å². The van der Waals surface area contributed by atoms with Crippen LogP contribution in [0.1, 0.15) is 16.1 Å². The van der Waals surface area contributed by atoms with Crippen LogP contribution in [0.15, 0.2) is 30.5 Å². The Kier molecular flexibility index (Phi) is 3.30. The Balaban J connectivity index is 2.69. The van der Waals surface area contributed by atoms with Crippen molar-refractivity contribution in [2.45, 2.75) is 6.92 Å².